The smallest absolute Gasteiger partial charge is 0.236 e. The van der Waals surface area contributed by atoms with Crippen LogP contribution in [0.1, 0.15) is 44.9 Å². The van der Waals surface area contributed by atoms with E-state index in [4.69, 9.17) is 0 Å². The minimum atomic E-state index is -0.0822. The zero-order valence-electron chi connectivity index (χ0n) is 17.5. The van der Waals surface area contributed by atoms with E-state index in [9.17, 15) is 4.79 Å². The molecule has 0 spiro atoms. The first-order valence-corrected chi connectivity index (χ1v) is 13.3. The van der Waals surface area contributed by atoms with E-state index in [1.807, 2.05) is 29.6 Å². The quantitative estimate of drug-likeness (QED) is 0.367. The molecule has 2 heterocycles. The molecule has 6 nitrogen and oxygen atoms in total. The van der Waals surface area contributed by atoms with Gasteiger partial charge in [-0.3, -0.25) is 4.79 Å². The van der Waals surface area contributed by atoms with Gasteiger partial charge in [0.1, 0.15) is 5.82 Å². The van der Waals surface area contributed by atoms with Gasteiger partial charge in [0, 0.05) is 28.4 Å². The fourth-order valence-corrected chi connectivity index (χ4v) is 5.74. The van der Waals surface area contributed by atoms with E-state index in [0.717, 1.165) is 39.7 Å². The Morgan fingerprint density at radius 3 is 2.74 bits per heavy atom. The lowest BCUT2D eigenvalue weighted by Crippen LogP contribution is -2.15. The van der Waals surface area contributed by atoms with E-state index in [0.29, 0.717) is 11.0 Å². The van der Waals surface area contributed by atoms with Crippen molar-refractivity contribution >= 4 is 50.1 Å². The van der Waals surface area contributed by atoms with Gasteiger partial charge in [0.2, 0.25) is 5.91 Å². The van der Waals surface area contributed by atoms with E-state index >= 15 is 0 Å². The maximum atomic E-state index is 12.5. The zero-order valence-corrected chi connectivity index (χ0v) is 20.7. The molecule has 1 N–H and O–H groups in total. The number of nitrogens with one attached hydrogen (secondary N) is 1. The summed E-state index contributed by atoms with van der Waals surface area (Å²) in [6.07, 6.45) is 7.58. The van der Waals surface area contributed by atoms with Crippen LogP contribution in [0.3, 0.4) is 0 Å². The first-order valence-electron chi connectivity index (χ1n) is 10.7. The van der Waals surface area contributed by atoms with Crippen molar-refractivity contribution in [1.82, 2.24) is 19.7 Å². The minimum absolute atomic E-state index is 0.0822. The molecule has 3 aromatic rings. The van der Waals surface area contributed by atoms with Gasteiger partial charge in [0.05, 0.1) is 11.4 Å². The highest BCUT2D eigenvalue weighted by Crippen LogP contribution is 2.28. The molecule has 4 rings (SSSR count). The minimum Gasteiger partial charge on any atom is -0.306 e. The van der Waals surface area contributed by atoms with Crippen LogP contribution in [0.2, 0.25) is 0 Å². The highest BCUT2D eigenvalue weighted by atomic mass is 79.9. The van der Waals surface area contributed by atoms with Crippen molar-refractivity contribution in [2.75, 3.05) is 11.1 Å². The van der Waals surface area contributed by atoms with Crippen molar-refractivity contribution in [3.05, 3.63) is 39.9 Å². The van der Waals surface area contributed by atoms with Crippen molar-refractivity contribution < 1.29 is 4.79 Å². The molecule has 0 atom stereocenters. The number of carbonyl (C=O) groups is 1. The normalized spacial score (nSPS) is 14.6. The van der Waals surface area contributed by atoms with Gasteiger partial charge in [-0.25, -0.2) is 4.98 Å². The number of thiazole rings is 1. The Morgan fingerprint density at radius 2 is 2.00 bits per heavy atom. The van der Waals surface area contributed by atoms with Gasteiger partial charge in [0.15, 0.2) is 10.3 Å². The molecule has 1 aromatic carbocycles. The molecule has 0 radical (unpaired) electrons. The van der Waals surface area contributed by atoms with Crippen LogP contribution in [0.15, 0.2) is 39.3 Å². The van der Waals surface area contributed by atoms with Gasteiger partial charge in [-0.15, -0.1) is 21.5 Å². The molecule has 1 fully saturated rings. The Labute approximate surface area is 199 Å². The van der Waals surface area contributed by atoms with Crippen LogP contribution in [0.5, 0.6) is 0 Å². The number of thioether (sulfide) groups is 1. The van der Waals surface area contributed by atoms with Gasteiger partial charge in [-0.2, -0.15) is 0 Å². The molecular weight excluding hydrogens is 494 g/mol. The number of aromatic nitrogens is 4. The number of rotatable bonds is 8. The SMILES string of the molecule is CCn1c(CC2CCCCC2)nnc1SCC(=O)Nc1nc(-c2ccc(Br)cc2)cs1. The summed E-state index contributed by atoms with van der Waals surface area (Å²) in [5.74, 6) is 1.97. The first kappa shape index (κ1) is 22.5. The molecule has 1 saturated carbocycles. The van der Waals surface area contributed by atoms with Crippen molar-refractivity contribution in [2.24, 2.45) is 5.92 Å². The first-order chi connectivity index (χ1) is 15.1. The molecule has 1 amide bonds. The highest BCUT2D eigenvalue weighted by Gasteiger charge is 2.19. The predicted molar refractivity (Wildman–Crippen MR) is 131 cm³/mol. The Bertz CT molecular complexity index is 1010. The van der Waals surface area contributed by atoms with Crippen LogP contribution in [0.4, 0.5) is 5.13 Å². The highest BCUT2D eigenvalue weighted by molar-refractivity contribution is 9.10. The topological polar surface area (TPSA) is 72.7 Å². The number of nitrogens with zero attached hydrogens (tertiary/aromatic N) is 4. The summed E-state index contributed by atoms with van der Waals surface area (Å²) >= 11 is 6.31. The number of halogens is 1. The van der Waals surface area contributed by atoms with Gasteiger partial charge in [-0.1, -0.05) is 71.9 Å². The lowest BCUT2D eigenvalue weighted by molar-refractivity contribution is -0.113. The molecule has 0 bridgehead atoms. The summed E-state index contributed by atoms with van der Waals surface area (Å²) in [5, 5.41) is 15.1. The molecule has 9 heteroatoms. The predicted octanol–water partition coefficient (Wildman–Crippen LogP) is 6.04. The van der Waals surface area contributed by atoms with Crippen LogP contribution >= 0.6 is 39.0 Å². The Morgan fingerprint density at radius 1 is 1.23 bits per heavy atom. The van der Waals surface area contributed by atoms with E-state index in [-0.39, 0.29) is 11.7 Å². The third kappa shape index (κ3) is 5.96. The van der Waals surface area contributed by atoms with Crippen LogP contribution in [0, 0.1) is 5.92 Å². The van der Waals surface area contributed by atoms with Gasteiger partial charge in [-0.05, 0) is 25.0 Å². The fourth-order valence-electron chi connectivity index (χ4n) is 3.91. The van der Waals surface area contributed by atoms with E-state index in [1.165, 1.54) is 55.2 Å². The largest absolute Gasteiger partial charge is 0.306 e. The average molecular weight is 521 g/mol. The molecule has 1 aliphatic rings. The number of anilines is 1. The third-order valence-electron chi connectivity index (χ3n) is 5.53. The molecular formula is C22H26BrN5OS2. The molecule has 164 valence electrons. The van der Waals surface area contributed by atoms with Crippen LogP contribution in [-0.4, -0.2) is 31.4 Å². The second-order valence-electron chi connectivity index (χ2n) is 7.73. The molecule has 0 unspecified atom stereocenters. The zero-order chi connectivity index (χ0) is 21.6. The van der Waals surface area contributed by atoms with E-state index < -0.39 is 0 Å². The van der Waals surface area contributed by atoms with E-state index in [1.54, 1.807) is 0 Å². The second kappa shape index (κ2) is 10.7. The van der Waals surface area contributed by atoms with Gasteiger partial charge < -0.3 is 9.88 Å². The Hall–Kier alpha value is -1.71. The number of benzene rings is 1. The molecule has 2 aromatic heterocycles. The number of amides is 1. The molecule has 0 saturated heterocycles. The summed E-state index contributed by atoms with van der Waals surface area (Å²) in [4.78, 5) is 17.0. The summed E-state index contributed by atoms with van der Waals surface area (Å²) in [6, 6.07) is 7.97. The number of carbonyl (C=O) groups excluding carboxylic acids is 1. The molecule has 0 aliphatic heterocycles. The summed E-state index contributed by atoms with van der Waals surface area (Å²) in [7, 11) is 0. The van der Waals surface area contributed by atoms with Gasteiger partial charge >= 0.3 is 0 Å². The van der Waals surface area contributed by atoms with Gasteiger partial charge in [0.25, 0.3) is 0 Å². The van der Waals surface area contributed by atoms with E-state index in [2.05, 4.69) is 47.9 Å². The number of hydrogen-bond donors (Lipinski definition) is 1. The lowest BCUT2D eigenvalue weighted by atomic mass is 9.87. The molecule has 1 aliphatic carbocycles. The standard InChI is InChI=1S/C22H26BrN5OS2/c1-2-28-19(12-15-6-4-3-5-7-15)26-27-22(28)31-14-20(29)25-21-24-18(13-30-21)16-8-10-17(23)11-9-16/h8-11,13,15H,2-7,12,14H2,1H3,(H,24,25,29). The Kier molecular flexibility index (Phi) is 7.79. The third-order valence-corrected chi connectivity index (χ3v) is 7.78. The summed E-state index contributed by atoms with van der Waals surface area (Å²) in [5.41, 5.74) is 1.88. The summed E-state index contributed by atoms with van der Waals surface area (Å²) in [6.45, 7) is 2.93. The van der Waals surface area contributed by atoms with Crippen molar-refractivity contribution in [1.29, 1.82) is 0 Å². The van der Waals surface area contributed by atoms with Crippen LogP contribution < -0.4 is 5.32 Å². The van der Waals surface area contributed by atoms with Crippen molar-refractivity contribution in [3.63, 3.8) is 0 Å². The number of hydrogen-bond acceptors (Lipinski definition) is 6. The molecule has 31 heavy (non-hydrogen) atoms. The van der Waals surface area contributed by atoms with Crippen LogP contribution in [-0.2, 0) is 17.8 Å². The average Bonchev–Trinajstić information content (AvgIpc) is 3.40. The maximum Gasteiger partial charge on any atom is 0.236 e. The van der Waals surface area contributed by atoms with Crippen molar-refractivity contribution in [3.8, 4) is 11.3 Å². The second-order valence-corrected chi connectivity index (χ2v) is 10.4. The lowest BCUT2D eigenvalue weighted by Gasteiger charge is -2.21. The van der Waals surface area contributed by atoms with Crippen molar-refractivity contribution in [2.45, 2.75) is 57.1 Å². The summed E-state index contributed by atoms with van der Waals surface area (Å²) < 4.78 is 3.18. The monoisotopic (exact) mass is 519 g/mol. The Balaban J connectivity index is 1.32. The maximum absolute atomic E-state index is 12.5. The van der Waals surface area contributed by atoms with Crippen LogP contribution in [0.25, 0.3) is 11.3 Å². The fraction of sp³-hybridized carbons (Fsp3) is 0.455.